The van der Waals surface area contributed by atoms with Crippen molar-refractivity contribution < 1.29 is 13.9 Å². The van der Waals surface area contributed by atoms with Crippen molar-refractivity contribution in [2.24, 2.45) is 0 Å². The van der Waals surface area contributed by atoms with E-state index in [0.29, 0.717) is 29.0 Å². The number of nitrogens with zero attached hydrogens (tertiary/aromatic N) is 7. The standard InChI is InChI=1S/C54H53N7O/c1-52(2,3)37-22-18-35(19-23-37)49-56-50(36-20-24-38(25-21-36)53(4,5)6)58-51(57-49)44-32-43-42-16-11-12-17-45(42)61(48-30-39(26-27-55-48)54(7,8)9)46(43)33-47(44)62-41-15-13-14-40(31-41)60-29-28-59(10)34-60/h11-33H,1-10H3/q+2. The minimum atomic E-state index is -0.0642. The Labute approximate surface area is 364 Å². The number of para-hydroxylation sites is 1. The van der Waals surface area contributed by atoms with Gasteiger partial charge in [0.25, 0.3) is 6.20 Å². The van der Waals surface area contributed by atoms with Gasteiger partial charge >= 0.3 is 6.01 Å². The molecule has 1 aliphatic heterocycles. The lowest BCUT2D eigenvalue weighted by Crippen LogP contribution is -2.12. The Morgan fingerprint density at radius 1 is 0.548 bits per heavy atom. The second-order valence-electron chi connectivity index (χ2n) is 19.3. The first-order valence-corrected chi connectivity index (χ1v) is 21.3. The molecule has 4 heterocycles. The maximum absolute atomic E-state index is 7.04. The lowest BCUT2D eigenvalue weighted by molar-refractivity contribution is -0.429. The molecule has 0 radical (unpaired) electrons. The largest absolute Gasteiger partial charge is 0.495 e. The summed E-state index contributed by atoms with van der Waals surface area (Å²) in [6.45, 7) is 20.0. The summed E-state index contributed by atoms with van der Waals surface area (Å²) < 4.78 is 13.1. The van der Waals surface area contributed by atoms with E-state index in [4.69, 9.17) is 24.7 Å². The van der Waals surface area contributed by atoms with Gasteiger partial charge in [0.2, 0.25) is 11.9 Å². The number of hydrogen-bond donors (Lipinski definition) is 0. The molecule has 62 heavy (non-hydrogen) atoms. The second-order valence-corrected chi connectivity index (χ2v) is 19.3. The van der Waals surface area contributed by atoms with Crippen LogP contribution in [-0.4, -0.2) is 46.7 Å². The van der Waals surface area contributed by atoms with Crippen LogP contribution < -0.4 is 4.74 Å². The van der Waals surface area contributed by atoms with E-state index in [0.717, 1.165) is 50.0 Å². The summed E-state index contributed by atoms with van der Waals surface area (Å²) in [6.07, 6.45) is 5.84. The molecule has 0 spiro atoms. The van der Waals surface area contributed by atoms with Crippen LogP contribution >= 0.6 is 0 Å². The molecular formula is C54H53N7O+2. The van der Waals surface area contributed by atoms with Gasteiger partial charge in [-0.2, -0.15) is 0 Å². The summed E-state index contributed by atoms with van der Waals surface area (Å²) in [7, 11) is 1.96. The van der Waals surface area contributed by atoms with E-state index < -0.39 is 0 Å². The number of ether oxygens (including phenoxy) is 1. The van der Waals surface area contributed by atoms with Crippen molar-refractivity contribution in [1.82, 2.24) is 24.5 Å². The fraction of sp³-hybridized carbons (Fsp3) is 0.241. The highest BCUT2D eigenvalue weighted by molar-refractivity contribution is 6.11. The summed E-state index contributed by atoms with van der Waals surface area (Å²) in [4.78, 5) is 20.6. The average Bonchev–Trinajstić information content (AvgIpc) is 3.83. The second kappa shape index (κ2) is 15.2. The summed E-state index contributed by atoms with van der Waals surface area (Å²) in [5.74, 6) is 3.77. The first kappa shape index (κ1) is 40.4. The predicted octanol–water partition coefficient (Wildman–Crippen LogP) is 13.0. The Morgan fingerprint density at radius 3 is 1.76 bits per heavy atom. The Bertz CT molecular complexity index is 3050. The van der Waals surface area contributed by atoms with E-state index >= 15 is 0 Å². The van der Waals surface area contributed by atoms with Crippen LogP contribution in [0.3, 0.4) is 0 Å². The SMILES string of the molecule is C[N+]1=C=[N+](c2cccc(Oc3cc4c(cc3-c3nc(-c5ccc(C(C)(C)C)cc5)nc(-c5ccc(C(C)(C)C)cc5)n3)c3ccccc3n4-c3cc(C(C)(C)C)ccn3)c2)C=C1. The Morgan fingerprint density at radius 2 is 1.16 bits per heavy atom. The highest BCUT2D eigenvalue weighted by Gasteiger charge is 2.25. The van der Waals surface area contributed by atoms with Gasteiger partial charge in [0.05, 0.1) is 22.7 Å². The van der Waals surface area contributed by atoms with Gasteiger partial charge in [0.1, 0.15) is 17.3 Å². The van der Waals surface area contributed by atoms with Gasteiger partial charge in [-0.3, -0.25) is 4.57 Å². The maximum Gasteiger partial charge on any atom is 0.495 e. The van der Waals surface area contributed by atoms with Crippen molar-refractivity contribution in [2.75, 3.05) is 7.05 Å². The highest BCUT2D eigenvalue weighted by Crippen LogP contribution is 2.42. The minimum Gasteiger partial charge on any atom is -0.456 e. The van der Waals surface area contributed by atoms with Crippen LogP contribution in [0.25, 0.3) is 61.8 Å². The van der Waals surface area contributed by atoms with Gasteiger partial charge < -0.3 is 4.74 Å². The third kappa shape index (κ3) is 7.86. The van der Waals surface area contributed by atoms with E-state index in [2.05, 4.69) is 170 Å². The monoisotopic (exact) mass is 815 g/mol. The molecule has 308 valence electrons. The summed E-state index contributed by atoms with van der Waals surface area (Å²) in [5, 5.41) is 2.11. The zero-order chi connectivity index (χ0) is 43.6. The molecule has 0 fully saturated rings. The van der Waals surface area contributed by atoms with E-state index in [1.54, 1.807) is 0 Å². The molecule has 0 bridgehead atoms. The molecule has 0 unspecified atom stereocenters. The third-order valence-electron chi connectivity index (χ3n) is 11.5. The van der Waals surface area contributed by atoms with Crippen LogP contribution in [0, 0.1) is 0 Å². The molecule has 8 nitrogen and oxygen atoms in total. The summed E-state index contributed by atoms with van der Waals surface area (Å²) >= 11 is 0. The van der Waals surface area contributed by atoms with Crippen molar-refractivity contribution >= 4 is 33.5 Å². The molecule has 9 rings (SSSR count). The summed E-state index contributed by atoms with van der Waals surface area (Å²) in [6, 6.07) is 45.5. The highest BCUT2D eigenvalue weighted by atomic mass is 16.5. The van der Waals surface area contributed by atoms with Gasteiger partial charge in [-0.25, -0.2) is 19.9 Å². The van der Waals surface area contributed by atoms with Crippen LogP contribution in [0.4, 0.5) is 5.69 Å². The van der Waals surface area contributed by atoms with Crippen LogP contribution in [0.5, 0.6) is 11.5 Å². The lowest BCUT2D eigenvalue weighted by Gasteiger charge is -2.20. The lowest BCUT2D eigenvalue weighted by atomic mass is 9.86. The van der Waals surface area contributed by atoms with Crippen LogP contribution in [-0.2, 0) is 16.2 Å². The Kier molecular flexibility index (Phi) is 9.87. The number of fused-ring (bicyclic) bond motifs is 3. The first-order chi connectivity index (χ1) is 29.5. The van der Waals surface area contributed by atoms with Gasteiger partial charge in [0, 0.05) is 40.2 Å². The number of hydrogen-bond acceptors (Lipinski definition) is 5. The fourth-order valence-electron chi connectivity index (χ4n) is 7.87. The molecular weight excluding hydrogens is 763 g/mol. The van der Waals surface area contributed by atoms with E-state index in [-0.39, 0.29) is 16.2 Å². The van der Waals surface area contributed by atoms with Crippen LogP contribution in [0.15, 0.2) is 140 Å². The summed E-state index contributed by atoms with van der Waals surface area (Å²) in [5.41, 5.74) is 9.08. The van der Waals surface area contributed by atoms with Crippen LogP contribution in [0.2, 0.25) is 0 Å². The molecule has 8 aromatic rings. The smallest absolute Gasteiger partial charge is 0.456 e. The normalized spacial score (nSPS) is 13.2. The molecule has 8 heteroatoms. The van der Waals surface area contributed by atoms with E-state index in [9.17, 15) is 0 Å². The average molecular weight is 816 g/mol. The van der Waals surface area contributed by atoms with Crippen LogP contribution in [0.1, 0.15) is 79.0 Å². The van der Waals surface area contributed by atoms with E-state index in [1.807, 2.05) is 59.1 Å². The van der Waals surface area contributed by atoms with E-state index in [1.165, 1.54) is 16.7 Å². The van der Waals surface area contributed by atoms with Crippen molar-refractivity contribution in [3.05, 3.63) is 157 Å². The zero-order valence-electron chi connectivity index (χ0n) is 37.3. The predicted molar refractivity (Wildman–Crippen MR) is 251 cm³/mol. The molecule has 0 aliphatic carbocycles. The molecule has 0 saturated heterocycles. The minimum absolute atomic E-state index is 0.00151. The maximum atomic E-state index is 7.04. The molecule has 0 atom stereocenters. The van der Waals surface area contributed by atoms with Crippen molar-refractivity contribution in [2.45, 2.75) is 78.6 Å². The molecule has 3 aromatic heterocycles. The molecule has 1 aliphatic rings. The third-order valence-corrected chi connectivity index (χ3v) is 11.5. The molecule has 0 saturated carbocycles. The zero-order valence-corrected chi connectivity index (χ0v) is 37.3. The Balaban J connectivity index is 1.31. The number of aromatic nitrogens is 5. The van der Waals surface area contributed by atoms with Crippen molar-refractivity contribution in [3.8, 4) is 51.5 Å². The van der Waals surface area contributed by atoms with Crippen molar-refractivity contribution in [3.63, 3.8) is 0 Å². The number of benzene rings is 5. The fourth-order valence-corrected chi connectivity index (χ4v) is 7.87. The molecule has 0 amide bonds. The molecule has 0 N–H and O–H groups in total. The topological polar surface area (TPSA) is 71.7 Å². The van der Waals surface area contributed by atoms with Crippen molar-refractivity contribution in [1.29, 1.82) is 0 Å². The molecule has 5 aromatic carbocycles. The quantitative estimate of drug-likeness (QED) is 0.150. The van der Waals surface area contributed by atoms with Gasteiger partial charge in [-0.05, 0) is 63.3 Å². The number of rotatable bonds is 7. The first-order valence-electron chi connectivity index (χ1n) is 21.3. The number of pyridine rings is 1. The van der Waals surface area contributed by atoms with Gasteiger partial charge in [0.15, 0.2) is 24.5 Å². The van der Waals surface area contributed by atoms with Gasteiger partial charge in [-0.15, -0.1) is 0 Å². The Hall–Kier alpha value is -7.02. The van der Waals surface area contributed by atoms with Gasteiger partial charge in [-0.1, -0.05) is 144 Å².